The van der Waals surface area contributed by atoms with Crippen LogP contribution >= 0.6 is 23.1 Å². The number of hydrogen-bond acceptors (Lipinski definition) is 6. The van der Waals surface area contributed by atoms with Crippen LogP contribution in [0.4, 0.5) is 0 Å². The number of amides is 1. The van der Waals surface area contributed by atoms with E-state index >= 15 is 0 Å². The van der Waals surface area contributed by atoms with Crippen LogP contribution in [0, 0.1) is 0 Å². The van der Waals surface area contributed by atoms with E-state index in [1.807, 2.05) is 48.5 Å². The fraction of sp³-hybridized carbons (Fsp3) is 0.214. The van der Waals surface area contributed by atoms with Gasteiger partial charge < -0.3 is 14.5 Å². The van der Waals surface area contributed by atoms with E-state index in [9.17, 15) is 9.59 Å². The fourth-order valence-corrected chi connectivity index (χ4v) is 6.88. The van der Waals surface area contributed by atoms with E-state index in [1.165, 1.54) is 16.9 Å². The van der Waals surface area contributed by atoms with Crippen LogP contribution in [0.1, 0.15) is 54.8 Å². The van der Waals surface area contributed by atoms with Crippen LogP contribution in [-0.4, -0.2) is 18.8 Å². The standard InChI is InChI=1S/C28H25NO4S2/c1-32-21-11-9-19(10-12-21)20-14-23-25(24(30)15-20)28(34-17-18-6-3-2-4-7-18)35-26(23)27(31)29-16-22-8-5-13-33-22/h2-13,20H,14-17H2,1H3,(H,29,31). The van der Waals surface area contributed by atoms with Crippen molar-refractivity contribution in [2.45, 2.75) is 35.3 Å². The van der Waals surface area contributed by atoms with E-state index in [-0.39, 0.29) is 17.6 Å². The van der Waals surface area contributed by atoms with Crippen LogP contribution in [-0.2, 0) is 18.7 Å². The van der Waals surface area contributed by atoms with E-state index in [0.29, 0.717) is 30.0 Å². The molecule has 7 heteroatoms. The number of Topliss-reactive ketones (excluding diaryl/α,β-unsaturated/α-hetero) is 1. The second kappa shape index (κ2) is 10.5. The molecule has 2 aromatic heterocycles. The van der Waals surface area contributed by atoms with E-state index in [4.69, 9.17) is 9.15 Å². The summed E-state index contributed by atoms with van der Waals surface area (Å²) < 4.78 is 11.6. The normalized spacial score (nSPS) is 15.0. The number of carbonyl (C=O) groups excluding carboxylic acids is 2. The average molecular weight is 504 g/mol. The second-order valence-corrected chi connectivity index (χ2v) is 10.7. The van der Waals surface area contributed by atoms with Gasteiger partial charge in [-0.15, -0.1) is 23.1 Å². The van der Waals surface area contributed by atoms with Crippen LogP contribution < -0.4 is 10.1 Å². The number of benzene rings is 2. The average Bonchev–Trinajstić information content (AvgIpc) is 3.55. The maximum Gasteiger partial charge on any atom is 0.262 e. The Hall–Kier alpha value is -3.29. The molecule has 1 amide bonds. The molecule has 1 aliphatic carbocycles. The van der Waals surface area contributed by atoms with E-state index in [0.717, 1.165) is 32.4 Å². The summed E-state index contributed by atoms with van der Waals surface area (Å²) in [6, 6.07) is 21.6. The van der Waals surface area contributed by atoms with Crippen LogP contribution in [0.2, 0.25) is 0 Å². The molecule has 5 rings (SSSR count). The molecular formula is C28H25NO4S2. The van der Waals surface area contributed by atoms with Crippen molar-refractivity contribution >= 4 is 34.8 Å². The highest BCUT2D eigenvalue weighted by Gasteiger charge is 2.34. The number of ketones is 1. The second-order valence-electron chi connectivity index (χ2n) is 8.41. The molecule has 0 radical (unpaired) electrons. The molecule has 1 aliphatic rings. The number of nitrogens with one attached hydrogen (secondary N) is 1. The zero-order valence-electron chi connectivity index (χ0n) is 19.3. The fourth-order valence-electron chi connectivity index (χ4n) is 4.34. The number of rotatable bonds is 8. The first-order valence-electron chi connectivity index (χ1n) is 11.4. The lowest BCUT2D eigenvalue weighted by molar-refractivity contribution is 0.0950. The summed E-state index contributed by atoms with van der Waals surface area (Å²) in [6.45, 7) is 0.306. The number of thiophene rings is 1. The Labute approximate surface area is 212 Å². The molecule has 178 valence electrons. The molecule has 1 atom stereocenters. The van der Waals surface area contributed by atoms with Crippen molar-refractivity contribution in [1.29, 1.82) is 0 Å². The summed E-state index contributed by atoms with van der Waals surface area (Å²) in [6.07, 6.45) is 2.67. The van der Waals surface area contributed by atoms with Gasteiger partial charge in [0.05, 0.1) is 29.0 Å². The van der Waals surface area contributed by atoms with Crippen molar-refractivity contribution in [2.24, 2.45) is 0 Å². The Morgan fingerprint density at radius 1 is 1.09 bits per heavy atom. The molecule has 0 fully saturated rings. The number of fused-ring (bicyclic) bond motifs is 1. The van der Waals surface area contributed by atoms with Gasteiger partial charge in [0.1, 0.15) is 11.5 Å². The van der Waals surface area contributed by atoms with Gasteiger partial charge in [-0.1, -0.05) is 42.5 Å². The molecule has 0 bridgehead atoms. The van der Waals surface area contributed by atoms with Crippen molar-refractivity contribution in [3.63, 3.8) is 0 Å². The molecule has 35 heavy (non-hydrogen) atoms. The zero-order chi connectivity index (χ0) is 24.2. The Balaban J connectivity index is 1.44. The van der Waals surface area contributed by atoms with E-state index in [1.54, 1.807) is 31.2 Å². The summed E-state index contributed by atoms with van der Waals surface area (Å²) in [5.74, 6) is 2.18. The number of methoxy groups -OCH3 is 1. The van der Waals surface area contributed by atoms with Crippen molar-refractivity contribution in [3.05, 3.63) is 106 Å². The maximum absolute atomic E-state index is 13.4. The molecule has 1 unspecified atom stereocenters. The number of carbonyl (C=O) groups is 2. The lowest BCUT2D eigenvalue weighted by Gasteiger charge is -2.23. The van der Waals surface area contributed by atoms with Crippen molar-refractivity contribution in [3.8, 4) is 5.75 Å². The van der Waals surface area contributed by atoms with Gasteiger partial charge in [-0.25, -0.2) is 0 Å². The van der Waals surface area contributed by atoms with Gasteiger partial charge in [-0.05, 0) is 53.3 Å². The Morgan fingerprint density at radius 2 is 1.89 bits per heavy atom. The predicted octanol–water partition coefficient (Wildman–Crippen LogP) is 6.48. The monoisotopic (exact) mass is 503 g/mol. The lowest BCUT2D eigenvalue weighted by atomic mass is 9.80. The van der Waals surface area contributed by atoms with Crippen molar-refractivity contribution in [2.75, 3.05) is 7.11 Å². The van der Waals surface area contributed by atoms with E-state index in [2.05, 4.69) is 17.4 Å². The third kappa shape index (κ3) is 5.21. The molecule has 2 aromatic carbocycles. The van der Waals surface area contributed by atoms with E-state index < -0.39 is 0 Å². The Morgan fingerprint density at radius 3 is 2.60 bits per heavy atom. The largest absolute Gasteiger partial charge is 0.497 e. The lowest BCUT2D eigenvalue weighted by Crippen LogP contribution is -2.25. The number of hydrogen-bond donors (Lipinski definition) is 1. The summed E-state index contributed by atoms with van der Waals surface area (Å²) >= 11 is 3.06. The van der Waals surface area contributed by atoms with Gasteiger partial charge in [0.25, 0.3) is 5.91 Å². The van der Waals surface area contributed by atoms with Gasteiger partial charge in [-0.2, -0.15) is 0 Å². The first kappa shape index (κ1) is 23.5. The number of ether oxygens (including phenoxy) is 1. The Bertz CT molecular complexity index is 1310. The smallest absolute Gasteiger partial charge is 0.262 e. The molecule has 0 saturated carbocycles. The highest BCUT2D eigenvalue weighted by atomic mass is 32.2. The maximum atomic E-state index is 13.4. The van der Waals surface area contributed by atoms with Crippen LogP contribution in [0.3, 0.4) is 0 Å². The summed E-state index contributed by atoms with van der Waals surface area (Å²) in [4.78, 5) is 27.3. The minimum absolute atomic E-state index is 0.0269. The minimum atomic E-state index is -0.169. The quantitative estimate of drug-likeness (QED) is 0.279. The van der Waals surface area contributed by atoms with Crippen molar-refractivity contribution < 1.29 is 18.7 Å². The third-order valence-electron chi connectivity index (χ3n) is 6.15. The van der Waals surface area contributed by atoms with Gasteiger partial charge in [-0.3, -0.25) is 9.59 Å². The highest BCUT2D eigenvalue weighted by Crippen LogP contribution is 2.44. The molecule has 0 aliphatic heterocycles. The van der Waals surface area contributed by atoms with Gasteiger partial charge >= 0.3 is 0 Å². The number of thioether (sulfide) groups is 1. The van der Waals surface area contributed by atoms with Gasteiger partial charge in [0.15, 0.2) is 5.78 Å². The number of furan rings is 1. The molecule has 0 saturated heterocycles. The van der Waals surface area contributed by atoms with Crippen LogP contribution in [0.15, 0.2) is 81.6 Å². The summed E-state index contributed by atoms with van der Waals surface area (Å²) in [5, 5.41) is 2.96. The van der Waals surface area contributed by atoms with Crippen LogP contribution in [0.5, 0.6) is 5.75 Å². The first-order chi connectivity index (χ1) is 17.1. The Kier molecular flexibility index (Phi) is 7.06. The van der Waals surface area contributed by atoms with Crippen molar-refractivity contribution in [1.82, 2.24) is 5.32 Å². The molecular weight excluding hydrogens is 478 g/mol. The van der Waals surface area contributed by atoms with Gasteiger partial charge in [0.2, 0.25) is 0 Å². The highest BCUT2D eigenvalue weighted by molar-refractivity contribution is 8.00. The molecule has 0 spiro atoms. The van der Waals surface area contributed by atoms with Gasteiger partial charge in [0, 0.05) is 17.7 Å². The molecule has 1 N–H and O–H groups in total. The topological polar surface area (TPSA) is 68.5 Å². The first-order valence-corrected chi connectivity index (χ1v) is 13.2. The molecule has 5 nitrogen and oxygen atoms in total. The molecule has 4 aromatic rings. The molecule has 2 heterocycles. The SMILES string of the molecule is COc1ccc(C2CC(=O)c3c(SCc4ccccc4)sc(C(=O)NCc4ccco4)c3C2)cc1. The predicted molar refractivity (Wildman–Crippen MR) is 139 cm³/mol. The zero-order valence-corrected chi connectivity index (χ0v) is 20.9. The minimum Gasteiger partial charge on any atom is -0.497 e. The summed E-state index contributed by atoms with van der Waals surface area (Å²) in [5.41, 5.74) is 3.85. The third-order valence-corrected chi connectivity index (χ3v) is 8.72. The summed E-state index contributed by atoms with van der Waals surface area (Å²) in [7, 11) is 1.64. The van der Waals surface area contributed by atoms with Crippen LogP contribution in [0.25, 0.3) is 0 Å².